The molecule has 2 aromatic carbocycles. The number of rotatable bonds is 3. The van der Waals surface area contributed by atoms with E-state index in [-0.39, 0.29) is 17.6 Å². The fourth-order valence-corrected chi connectivity index (χ4v) is 2.60. The van der Waals surface area contributed by atoms with Gasteiger partial charge in [0.25, 0.3) is 0 Å². The van der Waals surface area contributed by atoms with Gasteiger partial charge < -0.3 is 0 Å². The summed E-state index contributed by atoms with van der Waals surface area (Å²) in [4.78, 5) is 24.7. The van der Waals surface area contributed by atoms with Crippen molar-refractivity contribution < 1.29 is 0 Å². The molecule has 3 rings (SSSR count). The Bertz CT molecular complexity index is 939. The number of H-pyrrole nitrogens is 1. The van der Waals surface area contributed by atoms with E-state index in [0.29, 0.717) is 5.69 Å². The van der Waals surface area contributed by atoms with Crippen LogP contribution in [0.4, 0.5) is 0 Å². The van der Waals surface area contributed by atoms with Gasteiger partial charge in [0.15, 0.2) is 0 Å². The molecule has 0 spiro atoms. The molecule has 0 bridgehead atoms. The highest BCUT2D eigenvalue weighted by atomic mass is 16.2. The molecular formula is C19H21N3O2. The zero-order valence-corrected chi connectivity index (χ0v) is 14.1. The van der Waals surface area contributed by atoms with Gasteiger partial charge in [-0.2, -0.15) is 0 Å². The number of benzene rings is 2. The van der Waals surface area contributed by atoms with Crippen molar-refractivity contribution in [1.29, 1.82) is 0 Å². The van der Waals surface area contributed by atoms with Crippen molar-refractivity contribution in [2.75, 3.05) is 0 Å². The van der Waals surface area contributed by atoms with Gasteiger partial charge in [-0.1, -0.05) is 63.2 Å². The van der Waals surface area contributed by atoms with Crippen molar-refractivity contribution >= 4 is 0 Å². The average molecular weight is 323 g/mol. The van der Waals surface area contributed by atoms with Crippen molar-refractivity contribution in [3.05, 3.63) is 86.7 Å². The van der Waals surface area contributed by atoms with Crippen LogP contribution < -0.4 is 11.4 Å². The van der Waals surface area contributed by atoms with E-state index in [1.165, 1.54) is 14.8 Å². The summed E-state index contributed by atoms with van der Waals surface area (Å²) in [6.45, 7) is 6.65. The average Bonchev–Trinajstić information content (AvgIpc) is 2.83. The predicted octanol–water partition coefficient (Wildman–Crippen LogP) is 2.67. The van der Waals surface area contributed by atoms with Crippen LogP contribution >= 0.6 is 0 Å². The molecule has 0 saturated heterocycles. The molecule has 0 aliphatic heterocycles. The highest BCUT2D eigenvalue weighted by Crippen LogP contribution is 2.22. The van der Waals surface area contributed by atoms with E-state index in [4.69, 9.17) is 0 Å². The fourth-order valence-electron chi connectivity index (χ4n) is 2.60. The fraction of sp³-hybridized carbons (Fsp3) is 0.263. The summed E-state index contributed by atoms with van der Waals surface area (Å²) in [6.07, 6.45) is 0. The summed E-state index contributed by atoms with van der Waals surface area (Å²) in [5.74, 6) is 0. The summed E-state index contributed by atoms with van der Waals surface area (Å²) in [5, 5.41) is 2.62. The van der Waals surface area contributed by atoms with E-state index in [2.05, 4.69) is 25.9 Å². The van der Waals surface area contributed by atoms with Crippen LogP contribution in [0.3, 0.4) is 0 Å². The third kappa shape index (κ3) is 3.11. The molecule has 3 aromatic rings. The third-order valence-electron chi connectivity index (χ3n) is 4.05. The van der Waals surface area contributed by atoms with E-state index in [1.54, 1.807) is 0 Å². The van der Waals surface area contributed by atoms with Crippen LogP contribution in [0.5, 0.6) is 0 Å². The Morgan fingerprint density at radius 3 is 2.12 bits per heavy atom. The summed E-state index contributed by atoms with van der Waals surface area (Å²) in [7, 11) is 0. The molecule has 0 aliphatic carbocycles. The van der Waals surface area contributed by atoms with Gasteiger partial charge in [0, 0.05) is 0 Å². The van der Waals surface area contributed by atoms with Gasteiger partial charge >= 0.3 is 11.4 Å². The topological polar surface area (TPSA) is 59.8 Å². The van der Waals surface area contributed by atoms with Crippen LogP contribution in [0.15, 0.2) is 64.2 Å². The van der Waals surface area contributed by atoms with Crippen LogP contribution in [-0.4, -0.2) is 14.3 Å². The Hall–Kier alpha value is -2.82. The van der Waals surface area contributed by atoms with Crippen molar-refractivity contribution in [2.45, 2.75) is 32.7 Å². The molecule has 0 aliphatic rings. The van der Waals surface area contributed by atoms with Crippen LogP contribution in [0.2, 0.25) is 0 Å². The summed E-state index contributed by atoms with van der Waals surface area (Å²) in [6, 6.07) is 17.1. The lowest BCUT2D eigenvalue weighted by Crippen LogP contribution is -2.28. The van der Waals surface area contributed by atoms with Gasteiger partial charge in [-0.3, -0.25) is 0 Å². The van der Waals surface area contributed by atoms with Crippen LogP contribution in [0.1, 0.15) is 31.9 Å². The molecule has 1 N–H and O–H groups in total. The largest absolute Gasteiger partial charge is 0.352 e. The van der Waals surface area contributed by atoms with Gasteiger partial charge in [0.05, 0.1) is 12.2 Å². The summed E-state index contributed by atoms with van der Waals surface area (Å²) >= 11 is 0. The minimum Gasteiger partial charge on any atom is -0.246 e. The second-order valence-electron chi connectivity index (χ2n) is 6.90. The highest BCUT2D eigenvalue weighted by Gasteiger charge is 2.15. The molecule has 0 fully saturated rings. The number of aromatic amines is 1. The lowest BCUT2D eigenvalue weighted by Gasteiger charge is -2.19. The molecule has 0 radical (unpaired) electrons. The van der Waals surface area contributed by atoms with Gasteiger partial charge in [0.2, 0.25) is 0 Å². The Labute approximate surface area is 140 Å². The number of hydrogen-bond acceptors (Lipinski definition) is 2. The standard InChI is InChI=1S/C19H21N3O2/c1-19(2,3)15-9-11-16(12-10-15)22-18(24)21(17(23)20-22)13-14-7-5-4-6-8-14/h4-12H,13H2,1-3H3,(H,20,23). The normalized spacial score (nSPS) is 11.6. The lowest BCUT2D eigenvalue weighted by molar-refractivity contribution is 0.590. The maximum Gasteiger partial charge on any atom is 0.352 e. The van der Waals surface area contributed by atoms with E-state index >= 15 is 0 Å². The van der Waals surface area contributed by atoms with Crippen molar-refractivity contribution in [1.82, 2.24) is 14.3 Å². The minimum atomic E-state index is -0.413. The Kier molecular flexibility index (Phi) is 4.01. The molecule has 0 atom stereocenters. The first-order valence-corrected chi connectivity index (χ1v) is 7.93. The van der Waals surface area contributed by atoms with E-state index in [9.17, 15) is 9.59 Å². The quantitative estimate of drug-likeness (QED) is 0.805. The van der Waals surface area contributed by atoms with E-state index in [1.807, 2.05) is 54.6 Å². The Balaban J connectivity index is 1.97. The van der Waals surface area contributed by atoms with Crippen LogP contribution in [0, 0.1) is 0 Å². The highest BCUT2D eigenvalue weighted by molar-refractivity contribution is 5.36. The number of nitrogens with one attached hydrogen (secondary N) is 1. The second kappa shape index (κ2) is 6.00. The van der Waals surface area contributed by atoms with Gasteiger partial charge in [-0.05, 0) is 28.7 Å². The molecular weight excluding hydrogens is 302 g/mol. The van der Waals surface area contributed by atoms with Crippen LogP contribution in [0.25, 0.3) is 5.69 Å². The first-order chi connectivity index (χ1) is 11.4. The monoisotopic (exact) mass is 323 g/mol. The van der Waals surface area contributed by atoms with Crippen molar-refractivity contribution in [2.24, 2.45) is 0 Å². The summed E-state index contributed by atoms with van der Waals surface area (Å²) in [5.41, 5.74) is 1.99. The SMILES string of the molecule is CC(C)(C)c1ccc(-n2[nH]c(=O)n(Cc3ccccc3)c2=O)cc1. The number of hydrogen-bond donors (Lipinski definition) is 1. The molecule has 0 amide bonds. The van der Waals surface area contributed by atoms with Gasteiger partial charge in [-0.15, -0.1) is 0 Å². The van der Waals surface area contributed by atoms with E-state index < -0.39 is 5.69 Å². The molecule has 0 unspecified atom stereocenters. The molecule has 5 heteroatoms. The Morgan fingerprint density at radius 2 is 1.54 bits per heavy atom. The first-order valence-electron chi connectivity index (χ1n) is 7.93. The molecule has 1 heterocycles. The molecule has 1 aromatic heterocycles. The molecule has 124 valence electrons. The smallest absolute Gasteiger partial charge is 0.246 e. The lowest BCUT2D eigenvalue weighted by atomic mass is 9.87. The Morgan fingerprint density at radius 1 is 0.917 bits per heavy atom. The van der Waals surface area contributed by atoms with Gasteiger partial charge in [0.1, 0.15) is 0 Å². The predicted molar refractivity (Wildman–Crippen MR) is 94.9 cm³/mol. The van der Waals surface area contributed by atoms with E-state index in [0.717, 1.165) is 5.56 Å². The second-order valence-corrected chi connectivity index (χ2v) is 6.90. The zero-order chi connectivity index (χ0) is 17.3. The van der Waals surface area contributed by atoms with Gasteiger partial charge in [-0.25, -0.2) is 23.9 Å². The van der Waals surface area contributed by atoms with Crippen LogP contribution in [-0.2, 0) is 12.0 Å². The molecule has 0 saturated carbocycles. The minimum absolute atomic E-state index is 0.0378. The van der Waals surface area contributed by atoms with Crippen molar-refractivity contribution in [3.8, 4) is 5.69 Å². The summed E-state index contributed by atoms with van der Waals surface area (Å²) < 4.78 is 2.49. The zero-order valence-electron chi connectivity index (χ0n) is 14.1. The van der Waals surface area contributed by atoms with Crippen molar-refractivity contribution in [3.63, 3.8) is 0 Å². The first kappa shape index (κ1) is 16.1. The number of aromatic nitrogens is 3. The maximum absolute atomic E-state index is 12.6. The maximum atomic E-state index is 12.6. The molecule has 5 nitrogen and oxygen atoms in total. The molecule has 24 heavy (non-hydrogen) atoms. The number of nitrogens with zero attached hydrogens (tertiary/aromatic N) is 2. The third-order valence-corrected chi connectivity index (χ3v) is 4.05.